The Morgan fingerprint density at radius 2 is 1.75 bits per heavy atom. The fourth-order valence-electron chi connectivity index (χ4n) is 1.83. The van der Waals surface area contributed by atoms with Crippen LogP contribution in [-0.4, -0.2) is 7.11 Å². The molecule has 2 aromatic rings. The number of benzene rings is 2. The molecule has 0 amide bonds. The van der Waals surface area contributed by atoms with E-state index in [0.29, 0.717) is 25.8 Å². The van der Waals surface area contributed by atoms with Crippen molar-refractivity contribution >= 4 is 47.8 Å². The zero-order valence-electron chi connectivity index (χ0n) is 10.3. The second-order valence-corrected chi connectivity index (χ2v) is 6.63. The monoisotopic (exact) mass is 468 g/mol. The Labute approximate surface area is 140 Å². The molecule has 0 fully saturated rings. The molecular weight excluding hydrogens is 462 g/mol. The lowest BCUT2D eigenvalue weighted by Gasteiger charge is -2.17. The van der Waals surface area contributed by atoms with Crippen molar-refractivity contribution in [2.75, 3.05) is 7.11 Å². The summed E-state index contributed by atoms with van der Waals surface area (Å²) in [7, 11) is 1.45. The molecule has 0 aromatic heterocycles. The van der Waals surface area contributed by atoms with E-state index in [1.54, 1.807) is 18.2 Å². The van der Waals surface area contributed by atoms with Gasteiger partial charge in [-0.25, -0.2) is 8.78 Å². The fourth-order valence-corrected chi connectivity index (χ4v) is 3.89. The van der Waals surface area contributed by atoms with E-state index in [1.165, 1.54) is 19.2 Å². The Morgan fingerprint density at radius 3 is 2.35 bits per heavy atom. The van der Waals surface area contributed by atoms with Gasteiger partial charge >= 0.3 is 0 Å². The molecule has 0 heterocycles. The Kier molecular flexibility index (Phi) is 5.20. The molecule has 0 bridgehead atoms. The summed E-state index contributed by atoms with van der Waals surface area (Å²) in [4.78, 5) is -0.468. The molecule has 0 saturated heterocycles. The number of hydrogen-bond acceptors (Lipinski definition) is 1. The van der Waals surface area contributed by atoms with Gasteiger partial charge < -0.3 is 4.74 Å². The average molecular weight is 471 g/mol. The van der Waals surface area contributed by atoms with Crippen molar-refractivity contribution in [3.8, 4) is 5.75 Å². The lowest BCUT2D eigenvalue weighted by molar-refractivity contribution is 0.406. The van der Waals surface area contributed by atoms with Gasteiger partial charge in [-0.05, 0) is 34.1 Å². The van der Waals surface area contributed by atoms with E-state index in [1.807, 2.05) is 0 Å². The quantitative estimate of drug-likeness (QED) is 0.501. The highest BCUT2D eigenvalue weighted by molar-refractivity contribution is 9.11. The summed E-state index contributed by atoms with van der Waals surface area (Å²) < 4.78 is 33.7. The highest BCUT2D eigenvalue weighted by atomic mass is 79.9. The Morgan fingerprint density at radius 1 is 1.05 bits per heavy atom. The molecular formula is C14H9Br3F2O. The van der Waals surface area contributed by atoms with Crippen LogP contribution in [0, 0.1) is 11.6 Å². The van der Waals surface area contributed by atoms with Gasteiger partial charge in [0, 0.05) is 21.7 Å². The van der Waals surface area contributed by atoms with Gasteiger partial charge in [0.2, 0.25) is 0 Å². The summed E-state index contributed by atoms with van der Waals surface area (Å²) in [6.07, 6.45) is 0. The topological polar surface area (TPSA) is 9.23 Å². The lowest BCUT2D eigenvalue weighted by Crippen LogP contribution is -2.02. The van der Waals surface area contributed by atoms with Crippen molar-refractivity contribution in [1.29, 1.82) is 0 Å². The molecule has 1 nitrogen and oxygen atoms in total. The van der Waals surface area contributed by atoms with Crippen LogP contribution in [0.25, 0.3) is 0 Å². The predicted octanol–water partition coefficient (Wildman–Crippen LogP) is 5.98. The van der Waals surface area contributed by atoms with Gasteiger partial charge in [-0.15, -0.1) is 0 Å². The van der Waals surface area contributed by atoms with Crippen LogP contribution in [0.5, 0.6) is 5.75 Å². The van der Waals surface area contributed by atoms with E-state index in [4.69, 9.17) is 4.74 Å². The first kappa shape index (κ1) is 15.9. The summed E-state index contributed by atoms with van der Waals surface area (Å²) in [5.74, 6) is -0.440. The van der Waals surface area contributed by atoms with Crippen LogP contribution in [0.4, 0.5) is 8.78 Å². The summed E-state index contributed by atoms with van der Waals surface area (Å²) in [6, 6.07) is 7.58. The molecule has 0 aliphatic carbocycles. The summed E-state index contributed by atoms with van der Waals surface area (Å²) in [5.41, 5.74) is 1.07. The minimum Gasteiger partial charge on any atom is -0.496 e. The van der Waals surface area contributed by atoms with Gasteiger partial charge in [0.05, 0.1) is 16.4 Å². The minimum atomic E-state index is -0.468. The third kappa shape index (κ3) is 3.07. The van der Waals surface area contributed by atoms with Crippen molar-refractivity contribution in [3.05, 3.63) is 62.0 Å². The molecule has 6 heteroatoms. The van der Waals surface area contributed by atoms with Gasteiger partial charge in [-0.3, -0.25) is 0 Å². The average Bonchev–Trinajstić information content (AvgIpc) is 2.41. The first-order valence-electron chi connectivity index (χ1n) is 5.56. The van der Waals surface area contributed by atoms with Crippen molar-refractivity contribution < 1.29 is 13.5 Å². The highest BCUT2D eigenvalue weighted by Crippen LogP contribution is 2.42. The van der Waals surface area contributed by atoms with E-state index in [9.17, 15) is 8.78 Å². The second kappa shape index (κ2) is 6.54. The SMILES string of the molecule is COc1cc(F)c(Br)cc1C(Br)c1c(F)cccc1Br. The number of ether oxygens (including phenoxy) is 1. The lowest BCUT2D eigenvalue weighted by atomic mass is 10.0. The van der Waals surface area contributed by atoms with Crippen LogP contribution in [0.2, 0.25) is 0 Å². The Hall–Kier alpha value is -0.460. The molecule has 0 saturated carbocycles. The largest absolute Gasteiger partial charge is 0.496 e. The molecule has 106 valence electrons. The van der Waals surface area contributed by atoms with Gasteiger partial charge in [0.1, 0.15) is 17.4 Å². The van der Waals surface area contributed by atoms with Gasteiger partial charge in [-0.1, -0.05) is 37.9 Å². The zero-order valence-corrected chi connectivity index (χ0v) is 15.0. The molecule has 0 radical (unpaired) electrons. The minimum absolute atomic E-state index is 0.296. The maximum absolute atomic E-state index is 14.0. The van der Waals surface area contributed by atoms with E-state index >= 15 is 0 Å². The van der Waals surface area contributed by atoms with Crippen LogP contribution in [0.15, 0.2) is 39.3 Å². The van der Waals surface area contributed by atoms with Crippen LogP contribution in [0.1, 0.15) is 16.0 Å². The number of rotatable bonds is 3. The molecule has 2 rings (SSSR count). The number of alkyl halides is 1. The summed E-state index contributed by atoms with van der Waals surface area (Å²) in [5, 5.41) is 0. The van der Waals surface area contributed by atoms with Crippen molar-refractivity contribution in [3.63, 3.8) is 0 Å². The van der Waals surface area contributed by atoms with E-state index < -0.39 is 10.6 Å². The number of methoxy groups -OCH3 is 1. The molecule has 0 aliphatic rings. The zero-order chi connectivity index (χ0) is 14.9. The Balaban J connectivity index is 2.59. The van der Waals surface area contributed by atoms with Crippen molar-refractivity contribution in [2.45, 2.75) is 4.83 Å². The number of halogens is 5. The maximum Gasteiger partial charge on any atom is 0.141 e. The summed E-state index contributed by atoms with van der Waals surface area (Å²) in [6.45, 7) is 0. The van der Waals surface area contributed by atoms with Gasteiger partial charge in [-0.2, -0.15) is 0 Å². The molecule has 1 atom stereocenters. The normalized spacial score (nSPS) is 12.3. The van der Waals surface area contributed by atoms with Crippen LogP contribution in [0.3, 0.4) is 0 Å². The fraction of sp³-hybridized carbons (Fsp3) is 0.143. The van der Waals surface area contributed by atoms with Crippen LogP contribution in [-0.2, 0) is 0 Å². The third-order valence-corrected chi connectivity index (χ3v) is 5.05. The van der Waals surface area contributed by atoms with Crippen molar-refractivity contribution in [1.82, 2.24) is 0 Å². The first-order valence-corrected chi connectivity index (χ1v) is 8.06. The van der Waals surface area contributed by atoms with Crippen molar-refractivity contribution in [2.24, 2.45) is 0 Å². The highest BCUT2D eigenvalue weighted by Gasteiger charge is 2.22. The van der Waals surface area contributed by atoms with E-state index in [0.717, 1.165) is 0 Å². The standard InChI is InChI=1S/C14H9Br3F2O/c1-20-12-6-11(19)9(16)5-7(12)14(17)13-8(15)3-2-4-10(13)18/h2-6,14H,1H3. The molecule has 0 N–H and O–H groups in total. The van der Waals surface area contributed by atoms with Crippen LogP contribution >= 0.6 is 47.8 Å². The molecule has 0 aliphatic heterocycles. The van der Waals surface area contributed by atoms with Gasteiger partial charge in [0.15, 0.2) is 0 Å². The van der Waals surface area contributed by atoms with E-state index in [-0.39, 0.29) is 5.82 Å². The molecule has 2 aromatic carbocycles. The molecule has 1 unspecified atom stereocenters. The first-order chi connectivity index (χ1) is 9.45. The number of hydrogen-bond donors (Lipinski definition) is 0. The third-order valence-electron chi connectivity index (χ3n) is 2.80. The maximum atomic E-state index is 14.0. The van der Waals surface area contributed by atoms with Crippen LogP contribution < -0.4 is 4.74 Å². The second-order valence-electron chi connectivity index (χ2n) is 4.01. The predicted molar refractivity (Wildman–Crippen MR) is 85.5 cm³/mol. The molecule has 0 spiro atoms. The summed E-state index contributed by atoms with van der Waals surface area (Å²) >= 11 is 9.91. The Bertz CT molecular complexity index is 626. The molecule has 20 heavy (non-hydrogen) atoms. The van der Waals surface area contributed by atoms with Gasteiger partial charge in [0.25, 0.3) is 0 Å². The smallest absolute Gasteiger partial charge is 0.141 e. The van der Waals surface area contributed by atoms with E-state index in [2.05, 4.69) is 47.8 Å².